The first-order chi connectivity index (χ1) is 11.1. The Morgan fingerprint density at radius 3 is 2.12 bits per heavy atom. The second-order valence-corrected chi connectivity index (χ2v) is 8.60. The predicted molar refractivity (Wildman–Crippen MR) is 101 cm³/mol. The predicted octanol–water partition coefficient (Wildman–Crippen LogP) is 5.25. The topological polar surface area (TPSA) is 46.5 Å². The summed E-state index contributed by atoms with van der Waals surface area (Å²) in [4.78, 5) is 13.0. The van der Waals surface area contributed by atoms with Crippen LogP contribution in [-0.4, -0.2) is 19.5 Å². The molecule has 0 fully saturated rings. The van der Waals surface area contributed by atoms with Gasteiger partial charge in [0.2, 0.25) is 0 Å². The molecule has 0 aliphatic carbocycles. The lowest BCUT2D eigenvalue weighted by Crippen LogP contribution is -2.17. The molecule has 4 nitrogen and oxygen atoms in total. The number of aromatic nitrogens is 4. The molecule has 0 amide bonds. The Morgan fingerprint density at radius 2 is 1.62 bits per heavy atom. The van der Waals surface area contributed by atoms with Gasteiger partial charge in [-0.1, -0.05) is 48.5 Å². The normalized spacial score (nSPS) is 15.0. The van der Waals surface area contributed by atoms with Crippen molar-refractivity contribution in [2.45, 2.75) is 84.5 Å². The number of nitrogens with zero attached hydrogens (tertiary/aromatic N) is 3. The van der Waals surface area contributed by atoms with Crippen LogP contribution < -0.4 is 0 Å². The lowest BCUT2D eigenvalue weighted by Gasteiger charge is -2.17. The number of hydrogen-bond acceptors (Lipinski definition) is 2. The molecule has 0 spiro atoms. The van der Waals surface area contributed by atoms with Gasteiger partial charge >= 0.3 is 0 Å². The molecule has 2 heterocycles. The van der Waals surface area contributed by atoms with Gasteiger partial charge in [-0.3, -0.25) is 0 Å². The molecule has 0 saturated carbocycles. The maximum atomic E-state index is 4.90. The Labute approximate surface area is 147 Å². The van der Waals surface area contributed by atoms with Crippen molar-refractivity contribution in [2.75, 3.05) is 0 Å². The second-order valence-electron chi connectivity index (χ2n) is 8.60. The first-order valence-corrected chi connectivity index (χ1v) is 9.18. The van der Waals surface area contributed by atoms with Crippen LogP contribution in [0.5, 0.6) is 0 Å². The van der Waals surface area contributed by atoms with Crippen molar-refractivity contribution in [1.29, 1.82) is 0 Å². The first kappa shape index (κ1) is 18.8. The van der Waals surface area contributed by atoms with Gasteiger partial charge in [0.15, 0.2) is 0 Å². The number of aryl methyl sites for hydroxylation is 1. The van der Waals surface area contributed by atoms with E-state index in [2.05, 4.69) is 71.3 Å². The van der Waals surface area contributed by atoms with Crippen LogP contribution in [0.25, 0.3) is 0 Å². The van der Waals surface area contributed by atoms with Gasteiger partial charge in [-0.2, -0.15) is 0 Å². The molecule has 2 aromatic heterocycles. The summed E-state index contributed by atoms with van der Waals surface area (Å²) in [5.41, 5.74) is 2.45. The van der Waals surface area contributed by atoms with Crippen molar-refractivity contribution >= 4 is 0 Å². The zero-order valence-electron chi connectivity index (χ0n) is 16.6. The van der Waals surface area contributed by atoms with E-state index in [1.54, 1.807) is 0 Å². The van der Waals surface area contributed by atoms with E-state index in [4.69, 9.17) is 9.97 Å². The van der Waals surface area contributed by atoms with E-state index in [1.165, 1.54) is 5.69 Å². The fraction of sp³-hybridized carbons (Fsp3) is 0.700. The van der Waals surface area contributed by atoms with Crippen LogP contribution in [0.3, 0.4) is 0 Å². The van der Waals surface area contributed by atoms with Gasteiger partial charge in [0.1, 0.15) is 11.6 Å². The van der Waals surface area contributed by atoms with E-state index in [-0.39, 0.29) is 5.41 Å². The Hall–Kier alpha value is -1.58. The number of H-pyrrole nitrogens is 1. The third kappa shape index (κ3) is 4.28. The number of imidazole rings is 2. The molecule has 0 bridgehead atoms. The minimum atomic E-state index is 0.0847. The molecule has 2 atom stereocenters. The summed E-state index contributed by atoms with van der Waals surface area (Å²) in [5, 5.41) is 0. The minimum Gasteiger partial charge on any atom is -0.348 e. The molecule has 2 aromatic rings. The molecule has 0 radical (unpaired) electrons. The minimum absolute atomic E-state index is 0.0847. The van der Waals surface area contributed by atoms with Crippen LogP contribution in [0.1, 0.15) is 102 Å². The monoisotopic (exact) mass is 330 g/mol. The third-order valence-corrected chi connectivity index (χ3v) is 4.78. The summed E-state index contributed by atoms with van der Waals surface area (Å²) >= 11 is 0. The van der Waals surface area contributed by atoms with Crippen LogP contribution in [0.2, 0.25) is 0 Å². The highest BCUT2D eigenvalue weighted by Gasteiger charge is 2.22. The summed E-state index contributed by atoms with van der Waals surface area (Å²) in [5.74, 6) is 3.66. The molecule has 0 saturated heterocycles. The summed E-state index contributed by atoms with van der Waals surface area (Å²) < 4.78 is 2.18. The Bertz CT molecular complexity index is 657. The van der Waals surface area contributed by atoms with Gasteiger partial charge in [0, 0.05) is 30.8 Å². The van der Waals surface area contributed by atoms with Gasteiger partial charge in [0.05, 0.1) is 11.4 Å². The SMILES string of the molecule is CC(C)c1c[nH]c(C(C)CCC(C)c2cn(C)c(C(C)(C)C)n2)n1. The van der Waals surface area contributed by atoms with Crippen molar-refractivity contribution in [3.05, 3.63) is 35.4 Å². The van der Waals surface area contributed by atoms with Crippen LogP contribution in [-0.2, 0) is 12.5 Å². The van der Waals surface area contributed by atoms with Gasteiger partial charge < -0.3 is 9.55 Å². The van der Waals surface area contributed by atoms with Gasteiger partial charge in [0.25, 0.3) is 0 Å². The zero-order valence-corrected chi connectivity index (χ0v) is 16.6. The van der Waals surface area contributed by atoms with Crippen molar-refractivity contribution in [3.63, 3.8) is 0 Å². The average Bonchev–Trinajstić information content (AvgIpc) is 3.10. The van der Waals surface area contributed by atoms with Crippen molar-refractivity contribution in [3.8, 4) is 0 Å². The fourth-order valence-electron chi connectivity index (χ4n) is 3.11. The van der Waals surface area contributed by atoms with Gasteiger partial charge in [-0.15, -0.1) is 0 Å². The second kappa shape index (κ2) is 7.12. The number of aromatic amines is 1. The van der Waals surface area contributed by atoms with Crippen LogP contribution >= 0.6 is 0 Å². The molecule has 2 unspecified atom stereocenters. The van der Waals surface area contributed by atoms with E-state index in [0.29, 0.717) is 17.8 Å². The lowest BCUT2D eigenvalue weighted by atomic mass is 9.95. The standard InChI is InChI=1S/C20H34N4/c1-13(2)16-11-21-18(22-16)15(4)10-9-14(3)17-12-24(8)19(23-17)20(5,6)7/h11-15H,9-10H2,1-8H3,(H,21,22). The molecule has 4 heteroatoms. The van der Waals surface area contributed by atoms with E-state index in [0.717, 1.165) is 30.2 Å². The maximum Gasteiger partial charge on any atom is 0.114 e. The summed E-state index contributed by atoms with van der Waals surface area (Å²) in [6, 6.07) is 0. The Balaban J connectivity index is 1.98. The molecule has 0 aromatic carbocycles. The molecule has 2 rings (SSSR count). The molecule has 24 heavy (non-hydrogen) atoms. The third-order valence-electron chi connectivity index (χ3n) is 4.78. The van der Waals surface area contributed by atoms with E-state index >= 15 is 0 Å². The smallest absolute Gasteiger partial charge is 0.114 e. The Kier molecular flexibility index (Phi) is 5.56. The molecule has 134 valence electrons. The highest BCUT2D eigenvalue weighted by molar-refractivity contribution is 5.14. The van der Waals surface area contributed by atoms with Crippen molar-refractivity contribution in [1.82, 2.24) is 19.5 Å². The van der Waals surface area contributed by atoms with E-state index in [9.17, 15) is 0 Å². The summed E-state index contributed by atoms with van der Waals surface area (Å²) in [6.45, 7) is 15.6. The van der Waals surface area contributed by atoms with Crippen molar-refractivity contribution < 1.29 is 0 Å². The number of rotatable bonds is 6. The van der Waals surface area contributed by atoms with E-state index < -0.39 is 0 Å². The first-order valence-electron chi connectivity index (χ1n) is 9.18. The quantitative estimate of drug-likeness (QED) is 0.786. The zero-order chi connectivity index (χ0) is 18.1. The number of nitrogens with one attached hydrogen (secondary N) is 1. The van der Waals surface area contributed by atoms with Gasteiger partial charge in [-0.05, 0) is 24.7 Å². The van der Waals surface area contributed by atoms with Crippen LogP contribution in [0, 0.1) is 0 Å². The summed E-state index contributed by atoms with van der Waals surface area (Å²) in [6.07, 6.45) is 6.49. The molecule has 0 aliphatic rings. The van der Waals surface area contributed by atoms with Crippen LogP contribution in [0.15, 0.2) is 12.4 Å². The molecular formula is C20H34N4. The maximum absolute atomic E-state index is 4.90. The molecular weight excluding hydrogens is 296 g/mol. The lowest BCUT2D eigenvalue weighted by molar-refractivity contribution is 0.518. The average molecular weight is 331 g/mol. The highest BCUT2D eigenvalue weighted by Crippen LogP contribution is 2.29. The molecule has 1 N–H and O–H groups in total. The van der Waals surface area contributed by atoms with Gasteiger partial charge in [-0.25, -0.2) is 9.97 Å². The summed E-state index contributed by atoms with van der Waals surface area (Å²) in [7, 11) is 2.10. The highest BCUT2D eigenvalue weighted by atomic mass is 15.1. The molecule has 0 aliphatic heterocycles. The Morgan fingerprint density at radius 1 is 1.00 bits per heavy atom. The van der Waals surface area contributed by atoms with Crippen LogP contribution in [0.4, 0.5) is 0 Å². The van der Waals surface area contributed by atoms with Crippen molar-refractivity contribution in [2.24, 2.45) is 7.05 Å². The largest absolute Gasteiger partial charge is 0.348 e. The van der Waals surface area contributed by atoms with E-state index in [1.807, 2.05) is 6.20 Å². The fourth-order valence-corrected chi connectivity index (χ4v) is 3.11. The number of hydrogen-bond donors (Lipinski definition) is 1.